The Balaban J connectivity index is 2.03. The number of amides is 1. The topological polar surface area (TPSA) is 92.5 Å². The van der Waals surface area contributed by atoms with Crippen molar-refractivity contribution < 1.29 is 13.2 Å². The van der Waals surface area contributed by atoms with Gasteiger partial charge in [-0.15, -0.1) is 6.58 Å². The van der Waals surface area contributed by atoms with Gasteiger partial charge in [0.2, 0.25) is 10.0 Å². The molecule has 1 amide bonds. The van der Waals surface area contributed by atoms with Crippen molar-refractivity contribution in [2.75, 3.05) is 19.6 Å². The van der Waals surface area contributed by atoms with Gasteiger partial charge in [0, 0.05) is 31.2 Å². The number of nitrogens with one attached hydrogen (secondary N) is 1. The lowest BCUT2D eigenvalue weighted by Crippen LogP contribution is -2.42. The first-order chi connectivity index (χ1) is 11.3. The fourth-order valence-electron chi connectivity index (χ4n) is 2.84. The molecular formula is C17H25N3O3S. The van der Waals surface area contributed by atoms with Crippen molar-refractivity contribution >= 4 is 15.9 Å². The molecule has 1 fully saturated rings. The van der Waals surface area contributed by atoms with E-state index < -0.39 is 10.0 Å². The van der Waals surface area contributed by atoms with Crippen LogP contribution in [0, 0.1) is 5.92 Å². The average molecular weight is 351 g/mol. The fourth-order valence-corrected chi connectivity index (χ4v) is 3.84. The zero-order valence-electron chi connectivity index (χ0n) is 13.9. The van der Waals surface area contributed by atoms with Crippen LogP contribution in [0.3, 0.4) is 0 Å². The number of piperidine rings is 1. The number of hydrogen-bond donors (Lipinski definition) is 2. The van der Waals surface area contributed by atoms with E-state index in [9.17, 15) is 13.2 Å². The normalized spacial score (nSPS) is 17.5. The predicted molar refractivity (Wildman–Crippen MR) is 94.1 cm³/mol. The zero-order chi connectivity index (χ0) is 17.7. The molecule has 0 spiro atoms. The van der Waals surface area contributed by atoms with Crippen LogP contribution in [0.5, 0.6) is 0 Å². The summed E-state index contributed by atoms with van der Waals surface area (Å²) in [5.41, 5.74) is 6.42. The first kappa shape index (κ1) is 18.6. The molecular weight excluding hydrogens is 326 g/mol. The quantitative estimate of drug-likeness (QED) is 0.757. The molecule has 1 aromatic rings. The summed E-state index contributed by atoms with van der Waals surface area (Å²) >= 11 is 0. The van der Waals surface area contributed by atoms with Crippen LogP contribution < -0.4 is 10.5 Å². The lowest BCUT2D eigenvalue weighted by atomic mass is 9.90. The number of benzene rings is 1. The van der Waals surface area contributed by atoms with E-state index in [2.05, 4.69) is 11.3 Å². The number of likely N-dealkylation sites (tertiary alicyclic amines) is 1. The molecule has 7 heteroatoms. The minimum Gasteiger partial charge on any atom is -0.339 e. The molecule has 1 aromatic carbocycles. The number of nitrogens with two attached hydrogens (primary N) is 1. The average Bonchev–Trinajstić information content (AvgIpc) is 2.59. The summed E-state index contributed by atoms with van der Waals surface area (Å²) in [6.45, 7) is 7.02. The molecule has 1 heterocycles. The van der Waals surface area contributed by atoms with Gasteiger partial charge in [-0.05, 0) is 49.9 Å². The van der Waals surface area contributed by atoms with Crippen LogP contribution in [0.4, 0.5) is 0 Å². The van der Waals surface area contributed by atoms with E-state index in [4.69, 9.17) is 5.73 Å². The number of sulfonamides is 1. The van der Waals surface area contributed by atoms with Crippen molar-refractivity contribution in [1.29, 1.82) is 0 Å². The molecule has 1 saturated heterocycles. The zero-order valence-corrected chi connectivity index (χ0v) is 14.8. The summed E-state index contributed by atoms with van der Waals surface area (Å²) < 4.78 is 26.4. The second kappa shape index (κ2) is 7.92. The van der Waals surface area contributed by atoms with Crippen LogP contribution in [0.25, 0.3) is 0 Å². The maximum Gasteiger partial charge on any atom is 0.253 e. The number of rotatable bonds is 6. The highest BCUT2D eigenvalue weighted by Gasteiger charge is 2.25. The third-order valence-electron chi connectivity index (χ3n) is 4.40. The minimum absolute atomic E-state index is 0.0684. The molecule has 1 aliphatic heterocycles. The second-order valence-corrected chi connectivity index (χ2v) is 7.92. The van der Waals surface area contributed by atoms with E-state index in [0.29, 0.717) is 24.6 Å². The van der Waals surface area contributed by atoms with Gasteiger partial charge in [0.05, 0.1) is 4.90 Å². The van der Waals surface area contributed by atoms with Crippen molar-refractivity contribution in [3.63, 3.8) is 0 Å². The Morgan fingerprint density at radius 2 is 1.96 bits per heavy atom. The van der Waals surface area contributed by atoms with Crippen molar-refractivity contribution in [3.8, 4) is 0 Å². The third-order valence-corrected chi connectivity index (χ3v) is 5.84. The number of nitrogens with zero attached hydrogens (tertiary/aromatic N) is 1. The Morgan fingerprint density at radius 1 is 1.38 bits per heavy atom. The maximum atomic E-state index is 12.5. The van der Waals surface area contributed by atoms with E-state index in [1.807, 2.05) is 6.92 Å². The van der Waals surface area contributed by atoms with Gasteiger partial charge < -0.3 is 10.6 Å². The van der Waals surface area contributed by atoms with Gasteiger partial charge in [0.1, 0.15) is 0 Å². The monoisotopic (exact) mass is 351 g/mol. The Hall–Kier alpha value is -1.70. The molecule has 0 saturated carbocycles. The molecule has 0 aromatic heterocycles. The molecule has 1 unspecified atom stereocenters. The van der Waals surface area contributed by atoms with E-state index >= 15 is 0 Å². The van der Waals surface area contributed by atoms with Crippen molar-refractivity contribution in [3.05, 3.63) is 42.5 Å². The highest BCUT2D eigenvalue weighted by Crippen LogP contribution is 2.21. The van der Waals surface area contributed by atoms with Gasteiger partial charge >= 0.3 is 0 Å². The summed E-state index contributed by atoms with van der Waals surface area (Å²) in [6.07, 6.45) is 3.28. The summed E-state index contributed by atoms with van der Waals surface area (Å²) in [6, 6.07) is 6.17. The van der Waals surface area contributed by atoms with Crippen LogP contribution >= 0.6 is 0 Å². The van der Waals surface area contributed by atoms with E-state index in [0.717, 1.165) is 12.8 Å². The maximum absolute atomic E-state index is 12.5. The van der Waals surface area contributed by atoms with Gasteiger partial charge in [0.25, 0.3) is 5.91 Å². The summed E-state index contributed by atoms with van der Waals surface area (Å²) in [7, 11) is -3.57. The first-order valence-corrected chi connectivity index (χ1v) is 9.59. The van der Waals surface area contributed by atoms with E-state index in [1.165, 1.54) is 18.2 Å². The number of carbonyl (C=O) groups excluding carboxylic acids is 1. The molecule has 0 radical (unpaired) electrons. The first-order valence-electron chi connectivity index (χ1n) is 8.10. The Morgan fingerprint density at radius 3 is 2.46 bits per heavy atom. The fraction of sp³-hybridized carbons (Fsp3) is 0.471. The molecule has 1 aliphatic rings. The second-order valence-electron chi connectivity index (χ2n) is 6.15. The molecule has 24 heavy (non-hydrogen) atoms. The summed E-state index contributed by atoms with van der Waals surface area (Å²) in [5.74, 6) is 0.388. The van der Waals surface area contributed by atoms with Crippen molar-refractivity contribution in [2.24, 2.45) is 11.7 Å². The van der Waals surface area contributed by atoms with Crippen LogP contribution in [-0.4, -0.2) is 44.9 Å². The number of hydrogen-bond acceptors (Lipinski definition) is 4. The summed E-state index contributed by atoms with van der Waals surface area (Å²) in [5, 5.41) is 0. The van der Waals surface area contributed by atoms with Gasteiger partial charge in [-0.2, -0.15) is 0 Å². The highest BCUT2D eigenvalue weighted by molar-refractivity contribution is 7.89. The highest BCUT2D eigenvalue weighted by atomic mass is 32.2. The van der Waals surface area contributed by atoms with E-state index in [1.54, 1.807) is 17.0 Å². The molecule has 132 valence electrons. The van der Waals surface area contributed by atoms with E-state index in [-0.39, 0.29) is 23.4 Å². The molecule has 1 atom stereocenters. The van der Waals surface area contributed by atoms with Crippen LogP contribution in [0.15, 0.2) is 41.8 Å². The molecule has 3 N–H and O–H groups in total. The van der Waals surface area contributed by atoms with Crippen molar-refractivity contribution in [2.45, 2.75) is 30.7 Å². The predicted octanol–water partition coefficient (Wildman–Crippen LogP) is 1.35. The Kier molecular flexibility index (Phi) is 6.15. The van der Waals surface area contributed by atoms with Gasteiger partial charge in [-0.25, -0.2) is 13.1 Å². The third kappa shape index (κ3) is 4.43. The van der Waals surface area contributed by atoms with Gasteiger partial charge in [-0.1, -0.05) is 6.08 Å². The van der Waals surface area contributed by atoms with Gasteiger partial charge in [-0.3, -0.25) is 4.79 Å². The smallest absolute Gasteiger partial charge is 0.253 e. The molecule has 2 rings (SSSR count). The standard InChI is InChI=1S/C17H25N3O3S/c1-3-10-19-24(22,23)16-6-4-15(5-7-16)17(21)20-11-8-14(9-12-20)13(2)18/h3-7,13-14,19H,1,8-12,18H2,2H3. The van der Waals surface area contributed by atoms with Gasteiger partial charge in [0.15, 0.2) is 0 Å². The minimum atomic E-state index is -3.57. The Labute approximate surface area is 143 Å². The van der Waals surface area contributed by atoms with Crippen LogP contribution in [-0.2, 0) is 10.0 Å². The lowest BCUT2D eigenvalue weighted by molar-refractivity contribution is 0.0681. The lowest BCUT2D eigenvalue weighted by Gasteiger charge is -2.33. The summed E-state index contributed by atoms with van der Waals surface area (Å²) in [4.78, 5) is 14.5. The largest absolute Gasteiger partial charge is 0.339 e. The van der Waals surface area contributed by atoms with Crippen molar-refractivity contribution in [1.82, 2.24) is 9.62 Å². The van der Waals surface area contributed by atoms with Crippen LogP contribution in [0.1, 0.15) is 30.1 Å². The molecule has 0 aliphatic carbocycles. The van der Waals surface area contributed by atoms with Crippen LogP contribution in [0.2, 0.25) is 0 Å². The number of carbonyl (C=O) groups is 1. The Bertz CT molecular complexity index is 676. The SMILES string of the molecule is C=CCNS(=O)(=O)c1ccc(C(=O)N2CCC(C(C)N)CC2)cc1. The molecule has 6 nitrogen and oxygen atoms in total. The molecule has 0 bridgehead atoms.